The summed E-state index contributed by atoms with van der Waals surface area (Å²) in [5.74, 6) is 0.986. The van der Waals surface area contributed by atoms with Crippen molar-refractivity contribution >= 4 is 29.9 Å². The molecule has 1 aliphatic heterocycles. The third-order valence-corrected chi connectivity index (χ3v) is 3.37. The van der Waals surface area contributed by atoms with Crippen molar-refractivity contribution in [1.82, 2.24) is 15.5 Å². The quantitative estimate of drug-likeness (QED) is 0.393. The highest BCUT2D eigenvalue weighted by molar-refractivity contribution is 14.0. The fraction of sp³-hybridized carbons (Fsp3) is 0.923. The molecule has 126 valence electrons. The van der Waals surface area contributed by atoms with Crippen LogP contribution in [0.15, 0.2) is 4.99 Å². The van der Waals surface area contributed by atoms with Gasteiger partial charge < -0.3 is 15.5 Å². The Labute approximate surface area is 142 Å². The minimum absolute atomic E-state index is 0. The number of guanidine groups is 1. The maximum absolute atomic E-state index is 12.1. The molecule has 8 heteroatoms. The molecular formula is C13H26F3IN4. The van der Waals surface area contributed by atoms with E-state index >= 15 is 0 Å². The minimum Gasteiger partial charge on any atom is -0.357 e. The van der Waals surface area contributed by atoms with Gasteiger partial charge in [0, 0.05) is 26.2 Å². The molecule has 0 aliphatic carbocycles. The highest BCUT2D eigenvalue weighted by Crippen LogP contribution is 2.18. The van der Waals surface area contributed by atoms with Crippen molar-refractivity contribution in [2.75, 3.05) is 39.3 Å². The van der Waals surface area contributed by atoms with Crippen LogP contribution in [-0.2, 0) is 0 Å². The lowest BCUT2D eigenvalue weighted by Gasteiger charge is -2.14. The first-order valence-corrected chi connectivity index (χ1v) is 7.26. The molecule has 2 N–H and O–H groups in total. The van der Waals surface area contributed by atoms with Gasteiger partial charge in [0.1, 0.15) is 0 Å². The molecule has 0 aromatic carbocycles. The largest absolute Gasteiger partial charge is 0.390 e. The summed E-state index contributed by atoms with van der Waals surface area (Å²) >= 11 is 0. The monoisotopic (exact) mass is 422 g/mol. The molecule has 0 amide bonds. The van der Waals surface area contributed by atoms with E-state index in [2.05, 4.69) is 27.4 Å². The zero-order valence-electron chi connectivity index (χ0n) is 12.7. The van der Waals surface area contributed by atoms with Crippen molar-refractivity contribution in [3.05, 3.63) is 0 Å². The molecule has 21 heavy (non-hydrogen) atoms. The van der Waals surface area contributed by atoms with E-state index in [1.54, 1.807) is 0 Å². The lowest BCUT2D eigenvalue weighted by Crippen LogP contribution is -2.39. The van der Waals surface area contributed by atoms with Gasteiger partial charge in [-0.2, -0.15) is 13.2 Å². The van der Waals surface area contributed by atoms with Gasteiger partial charge in [0.15, 0.2) is 5.96 Å². The van der Waals surface area contributed by atoms with E-state index in [1.165, 1.54) is 0 Å². The average molecular weight is 422 g/mol. The van der Waals surface area contributed by atoms with Gasteiger partial charge >= 0.3 is 6.18 Å². The number of likely N-dealkylation sites (tertiary alicyclic amines) is 1. The van der Waals surface area contributed by atoms with E-state index in [9.17, 15) is 13.2 Å². The van der Waals surface area contributed by atoms with Crippen LogP contribution in [-0.4, -0.2) is 56.3 Å². The number of nitrogens with one attached hydrogen (secondary N) is 2. The summed E-state index contributed by atoms with van der Waals surface area (Å²) in [4.78, 5) is 6.75. The third-order valence-electron chi connectivity index (χ3n) is 3.37. The van der Waals surface area contributed by atoms with Gasteiger partial charge in [-0.15, -0.1) is 24.0 Å². The molecule has 0 aromatic heterocycles. The van der Waals surface area contributed by atoms with Gasteiger partial charge in [-0.05, 0) is 32.4 Å². The van der Waals surface area contributed by atoms with Gasteiger partial charge in [0.25, 0.3) is 0 Å². The zero-order chi connectivity index (χ0) is 15.0. The van der Waals surface area contributed by atoms with Crippen LogP contribution in [0.4, 0.5) is 13.2 Å². The van der Waals surface area contributed by atoms with Crippen molar-refractivity contribution in [1.29, 1.82) is 0 Å². The minimum atomic E-state index is -4.13. The number of alkyl halides is 3. The van der Waals surface area contributed by atoms with Gasteiger partial charge in [0.05, 0.1) is 6.42 Å². The van der Waals surface area contributed by atoms with E-state index < -0.39 is 12.6 Å². The van der Waals surface area contributed by atoms with Crippen molar-refractivity contribution in [3.63, 3.8) is 0 Å². The summed E-state index contributed by atoms with van der Waals surface area (Å²) in [6.07, 6.45) is -3.86. The summed E-state index contributed by atoms with van der Waals surface area (Å²) in [5.41, 5.74) is 0. The van der Waals surface area contributed by atoms with E-state index in [1.807, 2.05) is 6.92 Å². The van der Waals surface area contributed by atoms with Crippen LogP contribution in [0.5, 0.6) is 0 Å². The Morgan fingerprint density at radius 3 is 2.52 bits per heavy atom. The summed E-state index contributed by atoms with van der Waals surface area (Å²) in [5, 5.41) is 5.71. The van der Waals surface area contributed by atoms with E-state index in [-0.39, 0.29) is 30.5 Å². The fourth-order valence-corrected chi connectivity index (χ4v) is 2.23. The Hall–Kier alpha value is -0.250. The second kappa shape index (κ2) is 10.5. The Balaban J connectivity index is 0.00000400. The van der Waals surface area contributed by atoms with Gasteiger partial charge in [-0.25, -0.2) is 0 Å². The predicted octanol–water partition coefficient (Wildman–Crippen LogP) is 2.45. The number of nitrogens with zero attached hydrogens (tertiary/aromatic N) is 2. The highest BCUT2D eigenvalue weighted by atomic mass is 127. The van der Waals surface area contributed by atoms with Crippen molar-refractivity contribution < 1.29 is 13.2 Å². The Kier molecular flexibility index (Phi) is 10.3. The fourth-order valence-electron chi connectivity index (χ4n) is 2.23. The number of halogens is 4. The molecule has 1 heterocycles. The SMILES string of the molecule is CCNC(=NCC1CCN(CC)C1)NCCC(F)(F)F.I. The summed E-state index contributed by atoms with van der Waals surface area (Å²) < 4.78 is 36.3. The lowest BCUT2D eigenvalue weighted by atomic mass is 10.1. The normalized spacial score (nSPS) is 20.2. The lowest BCUT2D eigenvalue weighted by molar-refractivity contribution is -0.132. The van der Waals surface area contributed by atoms with Crippen LogP contribution in [0.3, 0.4) is 0 Å². The summed E-state index contributed by atoms with van der Waals surface area (Å²) in [6.45, 7) is 8.37. The van der Waals surface area contributed by atoms with Crippen molar-refractivity contribution in [2.45, 2.75) is 32.9 Å². The Morgan fingerprint density at radius 1 is 1.29 bits per heavy atom. The topological polar surface area (TPSA) is 39.7 Å². The third kappa shape index (κ3) is 9.38. The van der Waals surface area contributed by atoms with E-state index in [4.69, 9.17) is 0 Å². The zero-order valence-corrected chi connectivity index (χ0v) is 15.0. The van der Waals surface area contributed by atoms with Crippen molar-refractivity contribution in [2.24, 2.45) is 10.9 Å². The first kappa shape index (κ1) is 20.8. The molecule has 0 spiro atoms. The molecule has 1 aliphatic rings. The first-order chi connectivity index (χ1) is 9.44. The maximum Gasteiger partial charge on any atom is 0.390 e. The van der Waals surface area contributed by atoms with Crippen LogP contribution in [0, 0.1) is 5.92 Å². The van der Waals surface area contributed by atoms with Crippen LogP contribution in [0.1, 0.15) is 26.7 Å². The number of hydrogen-bond acceptors (Lipinski definition) is 2. The van der Waals surface area contributed by atoms with Crippen LogP contribution in [0.25, 0.3) is 0 Å². The number of hydrogen-bond donors (Lipinski definition) is 2. The maximum atomic E-state index is 12.1. The molecule has 1 saturated heterocycles. The average Bonchev–Trinajstić information content (AvgIpc) is 2.82. The van der Waals surface area contributed by atoms with Gasteiger partial charge in [-0.1, -0.05) is 6.92 Å². The predicted molar refractivity (Wildman–Crippen MR) is 90.3 cm³/mol. The Morgan fingerprint density at radius 2 is 2.00 bits per heavy atom. The molecule has 1 atom stereocenters. The van der Waals surface area contributed by atoms with Crippen LogP contribution < -0.4 is 10.6 Å². The number of rotatable bonds is 6. The smallest absolute Gasteiger partial charge is 0.357 e. The second-order valence-electron chi connectivity index (χ2n) is 5.06. The number of aliphatic imine (C=N–C) groups is 1. The molecule has 1 unspecified atom stereocenters. The van der Waals surface area contributed by atoms with Crippen LogP contribution in [0.2, 0.25) is 0 Å². The summed E-state index contributed by atoms with van der Waals surface area (Å²) in [6, 6.07) is 0. The molecule has 0 radical (unpaired) electrons. The molecule has 1 rings (SSSR count). The van der Waals surface area contributed by atoms with Gasteiger partial charge in [-0.3, -0.25) is 4.99 Å². The summed E-state index contributed by atoms with van der Waals surface area (Å²) in [7, 11) is 0. The van der Waals surface area contributed by atoms with Crippen molar-refractivity contribution in [3.8, 4) is 0 Å². The first-order valence-electron chi connectivity index (χ1n) is 7.26. The second-order valence-corrected chi connectivity index (χ2v) is 5.06. The highest BCUT2D eigenvalue weighted by Gasteiger charge is 2.26. The molecule has 0 saturated carbocycles. The van der Waals surface area contributed by atoms with E-state index in [0.29, 0.717) is 25.0 Å². The molecule has 1 fully saturated rings. The van der Waals surface area contributed by atoms with Gasteiger partial charge in [0.2, 0.25) is 0 Å². The van der Waals surface area contributed by atoms with Crippen LogP contribution >= 0.6 is 24.0 Å². The molecule has 4 nitrogen and oxygen atoms in total. The molecular weight excluding hydrogens is 396 g/mol. The Bertz CT molecular complexity index is 310. The van der Waals surface area contributed by atoms with E-state index in [0.717, 1.165) is 26.1 Å². The molecule has 0 bridgehead atoms. The molecule has 0 aromatic rings. The standard InChI is InChI=1S/C13H25F3N4.HI/c1-3-17-12(18-7-6-13(14,15)16)19-9-11-5-8-20(4-2)10-11;/h11H,3-10H2,1-2H3,(H2,17,18,19);1H.